The molecule has 1 aromatic carbocycles. The first kappa shape index (κ1) is 23.1. The number of pyridine rings is 1. The molecule has 4 rings (SSSR count). The van der Waals surface area contributed by atoms with Gasteiger partial charge in [0.1, 0.15) is 12.1 Å². The molecule has 2 N–H and O–H groups in total. The van der Waals surface area contributed by atoms with Gasteiger partial charge in [-0.1, -0.05) is 25.1 Å². The second kappa shape index (κ2) is 9.73. The van der Waals surface area contributed by atoms with E-state index in [9.17, 15) is 9.18 Å². The highest BCUT2D eigenvalue weighted by Crippen LogP contribution is 2.28. The average Bonchev–Trinajstić information content (AvgIpc) is 3.23. The molecule has 4 aromatic rings. The summed E-state index contributed by atoms with van der Waals surface area (Å²) in [7, 11) is 3.33. The van der Waals surface area contributed by atoms with Crippen LogP contribution >= 0.6 is 13.5 Å². The smallest absolute Gasteiger partial charge is 0.254 e. The molecule has 3 heterocycles. The number of anilines is 1. The van der Waals surface area contributed by atoms with Gasteiger partial charge in [-0.3, -0.25) is 14.5 Å². The van der Waals surface area contributed by atoms with Crippen LogP contribution in [0, 0.1) is 5.82 Å². The summed E-state index contributed by atoms with van der Waals surface area (Å²) in [5.74, 6) is -0.405. The van der Waals surface area contributed by atoms with E-state index in [0.29, 0.717) is 23.3 Å². The van der Waals surface area contributed by atoms with E-state index in [0.717, 1.165) is 23.0 Å². The molecule has 0 fully saturated rings. The molecular weight excluding hydrogens is 429 g/mol. The number of nitrogens with zero attached hydrogens (tertiary/aromatic N) is 5. The summed E-state index contributed by atoms with van der Waals surface area (Å²) in [6.45, 7) is 2.60. The van der Waals surface area contributed by atoms with Crippen LogP contribution in [0.1, 0.15) is 28.8 Å². The number of rotatable bonds is 6. The number of carbonyl (C=O) groups excluding carboxylic acids is 1. The summed E-state index contributed by atoms with van der Waals surface area (Å²) in [6.07, 6.45) is 6.24. The molecule has 0 unspecified atom stereocenters. The van der Waals surface area contributed by atoms with Gasteiger partial charge in [0.15, 0.2) is 5.82 Å². The van der Waals surface area contributed by atoms with Crippen LogP contribution in [0.25, 0.3) is 22.2 Å². The fourth-order valence-corrected chi connectivity index (χ4v) is 3.51. The van der Waals surface area contributed by atoms with E-state index in [-0.39, 0.29) is 25.0 Å². The third-order valence-electron chi connectivity index (χ3n) is 5.12. The van der Waals surface area contributed by atoms with Gasteiger partial charge in [-0.15, -0.1) is 0 Å². The minimum atomic E-state index is -0.640. The van der Waals surface area contributed by atoms with Gasteiger partial charge in [-0.05, 0) is 5.56 Å². The molecule has 0 saturated heterocycles. The van der Waals surface area contributed by atoms with Gasteiger partial charge in [0.05, 0.1) is 29.2 Å². The Labute approximate surface area is 191 Å². The minimum Gasteiger partial charge on any atom is -0.369 e. The molecule has 1 amide bonds. The van der Waals surface area contributed by atoms with E-state index in [2.05, 4.69) is 30.7 Å². The number of halogens is 1. The lowest BCUT2D eigenvalue weighted by Crippen LogP contribution is -2.20. The Balaban J connectivity index is 0.00000289. The predicted molar refractivity (Wildman–Crippen MR) is 127 cm³/mol. The molecule has 10 heteroatoms. The van der Waals surface area contributed by atoms with E-state index in [1.807, 2.05) is 38.4 Å². The standard InChI is InChI=1S/C22H22FN7O.H2S/c1-13(8-25-19-7-18(27-12-28-19)14-9-29-30(3)11-14)15-5-4-6-16-20(22(31)24-2)17(23)10-26-21(15)16;/h4-7,9-13H,8H2,1-3H3,(H,24,31)(H,25,27,28);1H2/t13-;/m1./s1. The third-order valence-corrected chi connectivity index (χ3v) is 5.12. The van der Waals surface area contributed by atoms with E-state index in [1.54, 1.807) is 16.9 Å². The van der Waals surface area contributed by atoms with Crippen molar-refractivity contribution >= 4 is 36.1 Å². The Morgan fingerprint density at radius 1 is 1.22 bits per heavy atom. The molecule has 166 valence electrons. The number of para-hydroxylation sites is 1. The van der Waals surface area contributed by atoms with Crippen LogP contribution in [0.2, 0.25) is 0 Å². The lowest BCUT2D eigenvalue weighted by atomic mass is 9.96. The number of amides is 1. The zero-order valence-corrected chi connectivity index (χ0v) is 18.9. The van der Waals surface area contributed by atoms with Crippen molar-refractivity contribution in [3.63, 3.8) is 0 Å². The van der Waals surface area contributed by atoms with Crippen LogP contribution in [0.15, 0.2) is 49.2 Å². The Bertz CT molecular complexity index is 1260. The predicted octanol–water partition coefficient (Wildman–Crippen LogP) is 3.25. The lowest BCUT2D eigenvalue weighted by Gasteiger charge is -2.16. The maximum Gasteiger partial charge on any atom is 0.254 e. The van der Waals surface area contributed by atoms with Crippen LogP contribution in [-0.4, -0.2) is 44.2 Å². The highest BCUT2D eigenvalue weighted by Gasteiger charge is 2.19. The zero-order chi connectivity index (χ0) is 22.0. The first-order chi connectivity index (χ1) is 15.0. The molecule has 0 aliphatic carbocycles. The molecule has 1 atom stereocenters. The fourth-order valence-electron chi connectivity index (χ4n) is 3.51. The van der Waals surface area contributed by atoms with Gasteiger partial charge in [-0.25, -0.2) is 14.4 Å². The molecule has 0 bridgehead atoms. The second-order valence-electron chi connectivity index (χ2n) is 7.28. The second-order valence-corrected chi connectivity index (χ2v) is 7.28. The molecule has 0 radical (unpaired) electrons. The van der Waals surface area contributed by atoms with Crippen LogP contribution < -0.4 is 10.6 Å². The molecule has 32 heavy (non-hydrogen) atoms. The molecule has 0 spiro atoms. The summed E-state index contributed by atoms with van der Waals surface area (Å²) in [6, 6.07) is 7.33. The molecular formula is C22H24FN7OS. The number of aromatic nitrogens is 5. The van der Waals surface area contributed by atoms with E-state index < -0.39 is 11.7 Å². The number of aryl methyl sites for hydroxylation is 1. The maximum atomic E-state index is 14.3. The Kier molecular flexibility index (Phi) is 7.04. The number of benzene rings is 1. The molecule has 0 saturated carbocycles. The summed E-state index contributed by atoms with van der Waals surface area (Å²) < 4.78 is 16.0. The molecule has 8 nitrogen and oxygen atoms in total. The molecule has 0 aliphatic heterocycles. The van der Waals surface area contributed by atoms with Crippen LogP contribution in [0.5, 0.6) is 0 Å². The Hall–Kier alpha value is -3.53. The number of fused-ring (bicyclic) bond motifs is 1. The minimum absolute atomic E-state index is 0. The number of hydrogen-bond donors (Lipinski definition) is 2. The zero-order valence-electron chi connectivity index (χ0n) is 17.9. The van der Waals surface area contributed by atoms with Crippen molar-refractivity contribution in [2.24, 2.45) is 7.05 Å². The summed E-state index contributed by atoms with van der Waals surface area (Å²) >= 11 is 0. The normalized spacial score (nSPS) is 11.6. The van der Waals surface area contributed by atoms with Gasteiger partial charge in [0.2, 0.25) is 0 Å². The number of carbonyl (C=O) groups is 1. The van der Waals surface area contributed by atoms with Crippen LogP contribution in [0.3, 0.4) is 0 Å². The monoisotopic (exact) mass is 453 g/mol. The van der Waals surface area contributed by atoms with Gasteiger partial charge in [0.25, 0.3) is 5.91 Å². The number of hydrogen-bond acceptors (Lipinski definition) is 6. The van der Waals surface area contributed by atoms with Gasteiger partial charge in [0, 0.05) is 49.8 Å². The van der Waals surface area contributed by atoms with E-state index >= 15 is 0 Å². The fraction of sp³-hybridized carbons (Fsp3) is 0.227. The van der Waals surface area contributed by atoms with E-state index in [1.165, 1.54) is 13.4 Å². The van der Waals surface area contributed by atoms with Gasteiger partial charge in [-0.2, -0.15) is 18.6 Å². The largest absolute Gasteiger partial charge is 0.369 e. The Morgan fingerprint density at radius 2 is 2.03 bits per heavy atom. The van der Waals surface area contributed by atoms with Crippen molar-refractivity contribution in [2.75, 3.05) is 18.9 Å². The summed E-state index contributed by atoms with van der Waals surface area (Å²) in [4.78, 5) is 25.0. The topological polar surface area (TPSA) is 97.6 Å². The maximum absolute atomic E-state index is 14.3. The molecule has 0 aliphatic rings. The quantitative estimate of drug-likeness (QED) is 0.465. The van der Waals surface area contributed by atoms with E-state index in [4.69, 9.17) is 0 Å². The highest BCUT2D eigenvalue weighted by atomic mass is 32.1. The van der Waals surface area contributed by atoms with Crippen molar-refractivity contribution in [1.29, 1.82) is 0 Å². The molecule has 3 aromatic heterocycles. The number of nitrogens with one attached hydrogen (secondary N) is 2. The van der Waals surface area contributed by atoms with Crippen LogP contribution in [0.4, 0.5) is 10.2 Å². The highest BCUT2D eigenvalue weighted by molar-refractivity contribution is 7.59. The SMILES string of the molecule is CNC(=O)c1c(F)cnc2c([C@H](C)CNc3cc(-c4cnn(C)c4)ncn3)cccc12.S. The van der Waals surface area contributed by atoms with Crippen molar-refractivity contribution < 1.29 is 9.18 Å². The summed E-state index contributed by atoms with van der Waals surface area (Å²) in [5, 5.41) is 10.5. The van der Waals surface area contributed by atoms with Crippen molar-refractivity contribution in [1.82, 2.24) is 30.0 Å². The average molecular weight is 454 g/mol. The summed E-state index contributed by atoms with van der Waals surface area (Å²) in [5.41, 5.74) is 3.21. The van der Waals surface area contributed by atoms with Gasteiger partial charge < -0.3 is 10.6 Å². The van der Waals surface area contributed by atoms with Crippen molar-refractivity contribution in [3.05, 3.63) is 66.1 Å². The first-order valence-electron chi connectivity index (χ1n) is 9.82. The third kappa shape index (κ3) is 4.54. The van der Waals surface area contributed by atoms with Gasteiger partial charge >= 0.3 is 0 Å². The lowest BCUT2D eigenvalue weighted by molar-refractivity contribution is 0.0961. The Morgan fingerprint density at radius 3 is 2.75 bits per heavy atom. The van der Waals surface area contributed by atoms with Crippen molar-refractivity contribution in [2.45, 2.75) is 12.8 Å². The first-order valence-corrected chi connectivity index (χ1v) is 9.82. The van der Waals surface area contributed by atoms with Crippen LogP contribution in [-0.2, 0) is 7.05 Å². The van der Waals surface area contributed by atoms with Crippen molar-refractivity contribution in [3.8, 4) is 11.3 Å².